The highest BCUT2D eigenvalue weighted by molar-refractivity contribution is 6.07. The summed E-state index contributed by atoms with van der Waals surface area (Å²) in [5.74, 6) is -0.203. The highest BCUT2D eigenvalue weighted by Crippen LogP contribution is 2.27. The third kappa shape index (κ3) is 3.54. The van der Waals surface area contributed by atoms with Gasteiger partial charge in [0.05, 0.1) is 23.4 Å². The Morgan fingerprint density at radius 2 is 1.92 bits per heavy atom. The molecule has 4 nitrogen and oxygen atoms in total. The molecule has 0 radical (unpaired) electrons. The summed E-state index contributed by atoms with van der Waals surface area (Å²) in [5, 5.41) is 12.8. The Labute approximate surface area is 147 Å². The van der Waals surface area contributed by atoms with Gasteiger partial charge in [-0.25, -0.2) is 4.98 Å². The second-order valence-electron chi connectivity index (χ2n) is 6.45. The van der Waals surface area contributed by atoms with E-state index in [-0.39, 0.29) is 18.6 Å². The van der Waals surface area contributed by atoms with Crippen LogP contribution >= 0.6 is 0 Å². The molecular formula is C21H22N2O2. The van der Waals surface area contributed by atoms with E-state index in [0.717, 1.165) is 27.7 Å². The SMILES string of the molecule is Cc1ccc(-c2cc(C(=O)NC(C)CO)c3ccccc3n2)c(C)c1. The van der Waals surface area contributed by atoms with Crippen LogP contribution in [0.2, 0.25) is 0 Å². The predicted octanol–water partition coefficient (Wildman–Crippen LogP) is 3.63. The van der Waals surface area contributed by atoms with Crippen LogP contribution in [0.15, 0.2) is 48.5 Å². The van der Waals surface area contributed by atoms with Crippen molar-refractivity contribution in [1.29, 1.82) is 0 Å². The molecule has 0 bridgehead atoms. The van der Waals surface area contributed by atoms with E-state index in [1.165, 1.54) is 5.56 Å². The lowest BCUT2D eigenvalue weighted by molar-refractivity contribution is 0.0924. The number of amides is 1. The molecule has 0 aliphatic carbocycles. The van der Waals surface area contributed by atoms with Crippen molar-refractivity contribution >= 4 is 16.8 Å². The van der Waals surface area contributed by atoms with Gasteiger partial charge >= 0.3 is 0 Å². The van der Waals surface area contributed by atoms with E-state index in [0.29, 0.717) is 5.56 Å². The number of benzene rings is 2. The van der Waals surface area contributed by atoms with E-state index < -0.39 is 0 Å². The molecule has 1 atom stereocenters. The number of pyridine rings is 1. The normalized spacial score (nSPS) is 12.2. The number of nitrogens with zero attached hydrogens (tertiary/aromatic N) is 1. The van der Waals surface area contributed by atoms with Gasteiger partial charge in [0, 0.05) is 17.0 Å². The summed E-state index contributed by atoms with van der Waals surface area (Å²) in [6.45, 7) is 5.78. The average Bonchev–Trinajstić information content (AvgIpc) is 2.60. The van der Waals surface area contributed by atoms with Crippen molar-refractivity contribution in [3.05, 3.63) is 65.2 Å². The van der Waals surface area contributed by atoms with Gasteiger partial charge in [-0.05, 0) is 38.5 Å². The summed E-state index contributed by atoms with van der Waals surface area (Å²) in [6.07, 6.45) is 0. The van der Waals surface area contributed by atoms with Gasteiger partial charge in [-0.3, -0.25) is 4.79 Å². The molecule has 3 rings (SSSR count). The lowest BCUT2D eigenvalue weighted by atomic mass is 9.99. The van der Waals surface area contributed by atoms with Crippen LogP contribution in [0.4, 0.5) is 0 Å². The maximum Gasteiger partial charge on any atom is 0.252 e. The van der Waals surface area contributed by atoms with Gasteiger partial charge in [0.25, 0.3) is 5.91 Å². The van der Waals surface area contributed by atoms with Crippen molar-refractivity contribution in [2.24, 2.45) is 0 Å². The zero-order valence-electron chi connectivity index (χ0n) is 14.7. The minimum absolute atomic E-state index is 0.0985. The van der Waals surface area contributed by atoms with E-state index in [2.05, 4.69) is 18.3 Å². The Bertz CT molecular complexity index is 934. The molecule has 3 aromatic rings. The number of para-hydroxylation sites is 1. The van der Waals surface area contributed by atoms with Crippen LogP contribution in [0.25, 0.3) is 22.2 Å². The molecule has 1 unspecified atom stereocenters. The average molecular weight is 334 g/mol. The van der Waals surface area contributed by atoms with Crippen molar-refractivity contribution in [3.8, 4) is 11.3 Å². The molecule has 0 fully saturated rings. The highest BCUT2D eigenvalue weighted by Gasteiger charge is 2.16. The molecule has 0 saturated heterocycles. The van der Waals surface area contributed by atoms with Crippen LogP contribution in [-0.2, 0) is 0 Å². The third-order valence-electron chi connectivity index (χ3n) is 4.27. The molecule has 25 heavy (non-hydrogen) atoms. The fourth-order valence-electron chi connectivity index (χ4n) is 2.95. The summed E-state index contributed by atoms with van der Waals surface area (Å²) in [7, 11) is 0. The molecule has 0 spiro atoms. The zero-order chi connectivity index (χ0) is 18.0. The van der Waals surface area contributed by atoms with Gasteiger partial charge in [0.15, 0.2) is 0 Å². The Morgan fingerprint density at radius 1 is 1.16 bits per heavy atom. The van der Waals surface area contributed by atoms with Crippen molar-refractivity contribution in [1.82, 2.24) is 10.3 Å². The summed E-state index contributed by atoms with van der Waals surface area (Å²) in [6, 6.07) is 15.4. The summed E-state index contributed by atoms with van der Waals surface area (Å²) in [4.78, 5) is 17.4. The molecule has 4 heteroatoms. The number of rotatable bonds is 4. The summed E-state index contributed by atoms with van der Waals surface area (Å²) >= 11 is 0. The number of nitrogens with one attached hydrogen (secondary N) is 1. The van der Waals surface area contributed by atoms with Gasteiger partial charge in [-0.2, -0.15) is 0 Å². The van der Waals surface area contributed by atoms with Crippen LogP contribution in [0.1, 0.15) is 28.4 Å². The lowest BCUT2D eigenvalue weighted by Gasteiger charge is -2.14. The molecule has 2 N–H and O–H groups in total. The van der Waals surface area contributed by atoms with Gasteiger partial charge in [-0.15, -0.1) is 0 Å². The second-order valence-corrected chi connectivity index (χ2v) is 6.45. The predicted molar refractivity (Wildman–Crippen MR) is 101 cm³/mol. The molecule has 1 amide bonds. The van der Waals surface area contributed by atoms with Crippen molar-refractivity contribution < 1.29 is 9.90 Å². The molecule has 0 aliphatic rings. The third-order valence-corrected chi connectivity index (χ3v) is 4.27. The molecule has 1 aromatic heterocycles. The number of carbonyl (C=O) groups is 1. The number of aliphatic hydroxyl groups excluding tert-OH is 1. The largest absolute Gasteiger partial charge is 0.394 e. The molecule has 128 valence electrons. The first-order chi connectivity index (χ1) is 12.0. The van der Waals surface area contributed by atoms with Gasteiger partial charge < -0.3 is 10.4 Å². The Morgan fingerprint density at radius 3 is 2.64 bits per heavy atom. The van der Waals surface area contributed by atoms with Crippen LogP contribution in [0.5, 0.6) is 0 Å². The smallest absolute Gasteiger partial charge is 0.252 e. The fourth-order valence-corrected chi connectivity index (χ4v) is 2.95. The van der Waals surface area contributed by atoms with Crippen molar-refractivity contribution in [2.45, 2.75) is 26.8 Å². The van der Waals surface area contributed by atoms with Crippen LogP contribution in [0.3, 0.4) is 0 Å². The number of fused-ring (bicyclic) bond motifs is 1. The molecule has 0 saturated carbocycles. The molecular weight excluding hydrogens is 312 g/mol. The Kier molecular flexibility index (Phi) is 4.81. The van der Waals surface area contributed by atoms with Gasteiger partial charge in [-0.1, -0.05) is 42.0 Å². The second kappa shape index (κ2) is 7.03. The lowest BCUT2D eigenvalue weighted by Crippen LogP contribution is -2.35. The van der Waals surface area contributed by atoms with E-state index in [4.69, 9.17) is 4.98 Å². The summed E-state index contributed by atoms with van der Waals surface area (Å²) < 4.78 is 0. The number of aromatic nitrogens is 1. The maximum absolute atomic E-state index is 12.7. The molecule has 1 heterocycles. The number of hydrogen-bond acceptors (Lipinski definition) is 3. The minimum atomic E-state index is -0.302. The van der Waals surface area contributed by atoms with Gasteiger partial charge in [0.1, 0.15) is 0 Å². The van der Waals surface area contributed by atoms with Crippen molar-refractivity contribution in [3.63, 3.8) is 0 Å². The van der Waals surface area contributed by atoms with Gasteiger partial charge in [0.2, 0.25) is 0 Å². The van der Waals surface area contributed by atoms with Crippen LogP contribution < -0.4 is 5.32 Å². The first kappa shape index (κ1) is 17.1. The zero-order valence-corrected chi connectivity index (χ0v) is 14.7. The quantitative estimate of drug-likeness (QED) is 0.766. The fraction of sp³-hybridized carbons (Fsp3) is 0.238. The first-order valence-corrected chi connectivity index (χ1v) is 8.38. The standard InChI is InChI=1S/C21H22N2O2/c1-13-8-9-16(14(2)10-13)20-11-18(21(25)22-15(3)12-24)17-6-4-5-7-19(17)23-20/h4-11,15,24H,12H2,1-3H3,(H,22,25). The Hall–Kier alpha value is -2.72. The number of aryl methyl sites for hydroxylation is 2. The van der Waals surface area contributed by atoms with E-state index >= 15 is 0 Å². The number of hydrogen-bond donors (Lipinski definition) is 2. The van der Waals surface area contributed by atoms with E-state index in [1.54, 1.807) is 6.92 Å². The van der Waals surface area contributed by atoms with Crippen molar-refractivity contribution in [2.75, 3.05) is 6.61 Å². The molecule has 2 aromatic carbocycles. The maximum atomic E-state index is 12.7. The topological polar surface area (TPSA) is 62.2 Å². The molecule has 0 aliphatic heterocycles. The first-order valence-electron chi connectivity index (χ1n) is 8.38. The Balaban J connectivity index is 2.17. The van der Waals surface area contributed by atoms with E-state index in [1.807, 2.05) is 49.4 Å². The number of carbonyl (C=O) groups excluding carboxylic acids is 1. The summed E-state index contributed by atoms with van der Waals surface area (Å²) in [5.41, 5.74) is 5.45. The van der Waals surface area contributed by atoms with Crippen LogP contribution in [-0.4, -0.2) is 28.6 Å². The number of aliphatic hydroxyl groups is 1. The minimum Gasteiger partial charge on any atom is -0.394 e. The highest BCUT2D eigenvalue weighted by atomic mass is 16.3. The monoisotopic (exact) mass is 334 g/mol. The van der Waals surface area contributed by atoms with Crippen LogP contribution in [0, 0.1) is 13.8 Å². The van der Waals surface area contributed by atoms with E-state index in [9.17, 15) is 9.90 Å².